The minimum Gasteiger partial charge on any atom is -0.103 e. The molecule has 0 spiro atoms. The van der Waals surface area contributed by atoms with Crippen LogP contribution in [-0.2, 0) is 0 Å². The molecule has 0 heteroatoms. The molecule has 0 aromatic rings. The molecule has 3 saturated carbocycles. The molecular weight excluding hydrogens is 168 g/mol. The molecule has 3 aliphatic carbocycles. The number of unbranched alkanes of at least 4 members (excludes halogenated alkanes) is 1. The minimum atomic E-state index is 0.631. The molecular formula is C14H24. The molecule has 0 aromatic carbocycles. The monoisotopic (exact) mass is 192 g/mol. The zero-order valence-electron chi connectivity index (χ0n) is 9.97. The van der Waals surface area contributed by atoms with E-state index in [1.807, 2.05) is 0 Å². The third-order valence-corrected chi connectivity index (χ3v) is 5.42. The quantitative estimate of drug-likeness (QED) is 0.457. The van der Waals surface area contributed by atoms with Crippen LogP contribution in [0.3, 0.4) is 0 Å². The van der Waals surface area contributed by atoms with Crippen LogP contribution in [0.25, 0.3) is 0 Å². The molecule has 0 aromatic heterocycles. The Hall–Kier alpha value is -0.260. The minimum absolute atomic E-state index is 0.631. The molecule has 0 heterocycles. The van der Waals surface area contributed by atoms with Gasteiger partial charge in [-0.3, -0.25) is 0 Å². The molecule has 3 atom stereocenters. The predicted molar refractivity (Wildman–Crippen MR) is 62.2 cm³/mol. The Labute approximate surface area is 88.8 Å². The van der Waals surface area contributed by atoms with E-state index in [2.05, 4.69) is 33.4 Å². The van der Waals surface area contributed by atoms with Crippen LogP contribution in [0.15, 0.2) is 12.7 Å². The summed E-state index contributed by atoms with van der Waals surface area (Å²) < 4.78 is 0. The Kier molecular flexibility index (Phi) is 2.28. The van der Waals surface area contributed by atoms with Gasteiger partial charge in [0.05, 0.1) is 0 Å². The fourth-order valence-electron chi connectivity index (χ4n) is 3.97. The molecule has 80 valence electrons. The molecule has 0 aliphatic heterocycles. The molecule has 3 rings (SSSR count). The van der Waals surface area contributed by atoms with E-state index in [9.17, 15) is 0 Å². The second-order valence-electron chi connectivity index (χ2n) is 6.28. The molecule has 3 fully saturated rings. The van der Waals surface area contributed by atoms with E-state index >= 15 is 0 Å². The lowest BCUT2D eigenvalue weighted by Crippen LogP contribution is -2.46. The molecule has 3 unspecified atom stereocenters. The summed E-state index contributed by atoms with van der Waals surface area (Å²) in [6, 6.07) is 0. The Morgan fingerprint density at radius 2 is 2.00 bits per heavy atom. The molecule has 0 radical (unpaired) electrons. The highest BCUT2D eigenvalue weighted by Crippen LogP contribution is 2.73. The van der Waals surface area contributed by atoms with Gasteiger partial charge in [0.2, 0.25) is 0 Å². The van der Waals surface area contributed by atoms with E-state index in [0.29, 0.717) is 10.8 Å². The van der Waals surface area contributed by atoms with Crippen molar-refractivity contribution in [2.45, 2.75) is 52.9 Å². The summed E-state index contributed by atoms with van der Waals surface area (Å²) in [6.07, 6.45) is 9.06. The fourth-order valence-corrected chi connectivity index (χ4v) is 3.97. The summed E-state index contributed by atoms with van der Waals surface area (Å²) in [5.41, 5.74) is 1.31. The van der Waals surface area contributed by atoms with E-state index in [4.69, 9.17) is 0 Å². The van der Waals surface area contributed by atoms with Crippen LogP contribution in [0.2, 0.25) is 0 Å². The van der Waals surface area contributed by atoms with Crippen molar-refractivity contribution in [1.29, 1.82) is 0 Å². The maximum atomic E-state index is 3.80. The van der Waals surface area contributed by atoms with E-state index in [-0.39, 0.29) is 0 Å². The summed E-state index contributed by atoms with van der Waals surface area (Å²) in [6.45, 7) is 11.3. The van der Waals surface area contributed by atoms with Crippen LogP contribution in [0.4, 0.5) is 0 Å². The second-order valence-corrected chi connectivity index (χ2v) is 6.28. The lowest BCUT2D eigenvalue weighted by molar-refractivity contribution is -0.0464. The number of rotatable bonds is 4. The van der Waals surface area contributed by atoms with Crippen LogP contribution < -0.4 is 0 Å². The van der Waals surface area contributed by atoms with Crippen molar-refractivity contribution >= 4 is 0 Å². The summed E-state index contributed by atoms with van der Waals surface area (Å²) in [5.74, 6) is 2.05. The maximum Gasteiger partial charge on any atom is -0.0266 e. The van der Waals surface area contributed by atoms with Gasteiger partial charge in [-0.25, -0.2) is 0 Å². The zero-order valence-corrected chi connectivity index (χ0v) is 9.97. The van der Waals surface area contributed by atoms with Gasteiger partial charge in [0, 0.05) is 0 Å². The molecule has 0 N–H and O–H groups in total. The van der Waals surface area contributed by atoms with Crippen molar-refractivity contribution in [2.75, 3.05) is 0 Å². The first-order chi connectivity index (χ1) is 6.51. The maximum absolute atomic E-state index is 3.80. The number of hydrogen-bond acceptors (Lipinski definition) is 0. The van der Waals surface area contributed by atoms with Gasteiger partial charge in [-0.2, -0.15) is 0 Å². The highest BCUT2D eigenvalue weighted by atomic mass is 14.7. The SMILES string of the molecule is C=CCCCC1CC2(C)CC1C2(C)C. The van der Waals surface area contributed by atoms with Gasteiger partial charge < -0.3 is 0 Å². The van der Waals surface area contributed by atoms with Gasteiger partial charge >= 0.3 is 0 Å². The standard InChI is InChI=1S/C14H24/c1-5-6-7-8-11-9-14(4)10-12(11)13(14,2)3/h5,11-12H,1,6-10H2,2-4H3. The van der Waals surface area contributed by atoms with Crippen LogP contribution in [0.5, 0.6) is 0 Å². The Balaban J connectivity index is 1.91. The number of fused-ring (bicyclic) bond motifs is 1. The Morgan fingerprint density at radius 3 is 2.43 bits per heavy atom. The molecule has 14 heavy (non-hydrogen) atoms. The summed E-state index contributed by atoms with van der Waals surface area (Å²) in [4.78, 5) is 0. The lowest BCUT2D eigenvalue weighted by atomic mass is 9.51. The molecule has 0 nitrogen and oxygen atoms in total. The largest absolute Gasteiger partial charge is 0.103 e. The van der Waals surface area contributed by atoms with Crippen molar-refractivity contribution in [3.05, 3.63) is 12.7 Å². The summed E-state index contributed by atoms with van der Waals surface area (Å²) in [7, 11) is 0. The fraction of sp³-hybridized carbons (Fsp3) is 0.857. The zero-order chi connectivity index (χ0) is 10.4. The van der Waals surface area contributed by atoms with Crippen LogP contribution in [0.1, 0.15) is 52.9 Å². The van der Waals surface area contributed by atoms with Crippen molar-refractivity contribution < 1.29 is 0 Å². The van der Waals surface area contributed by atoms with E-state index in [1.165, 1.54) is 32.1 Å². The predicted octanol–water partition coefficient (Wildman–Crippen LogP) is 4.42. The number of hydrogen-bond donors (Lipinski definition) is 0. The highest BCUT2D eigenvalue weighted by molar-refractivity contribution is 5.14. The van der Waals surface area contributed by atoms with E-state index in [0.717, 1.165) is 11.8 Å². The normalized spacial score (nSPS) is 43.4. The van der Waals surface area contributed by atoms with Gasteiger partial charge in [-0.1, -0.05) is 26.8 Å². The third-order valence-electron chi connectivity index (χ3n) is 5.42. The van der Waals surface area contributed by atoms with Gasteiger partial charge in [-0.05, 0) is 54.8 Å². The first-order valence-corrected chi connectivity index (χ1v) is 6.12. The van der Waals surface area contributed by atoms with E-state index in [1.54, 1.807) is 0 Å². The topological polar surface area (TPSA) is 0 Å². The van der Waals surface area contributed by atoms with Crippen LogP contribution >= 0.6 is 0 Å². The van der Waals surface area contributed by atoms with Crippen molar-refractivity contribution in [2.24, 2.45) is 22.7 Å². The molecule has 0 amide bonds. The molecule has 2 bridgehead atoms. The highest BCUT2D eigenvalue weighted by Gasteiger charge is 2.65. The first-order valence-electron chi connectivity index (χ1n) is 6.12. The second kappa shape index (κ2) is 3.12. The Bertz CT molecular complexity index is 236. The molecule has 0 saturated heterocycles. The van der Waals surface area contributed by atoms with Crippen molar-refractivity contribution in [1.82, 2.24) is 0 Å². The van der Waals surface area contributed by atoms with Gasteiger partial charge in [-0.15, -0.1) is 6.58 Å². The van der Waals surface area contributed by atoms with Gasteiger partial charge in [0.15, 0.2) is 0 Å². The summed E-state index contributed by atoms with van der Waals surface area (Å²) >= 11 is 0. The third kappa shape index (κ3) is 1.19. The average Bonchev–Trinajstić information content (AvgIpc) is 2.55. The average molecular weight is 192 g/mol. The van der Waals surface area contributed by atoms with Crippen molar-refractivity contribution in [3.63, 3.8) is 0 Å². The lowest BCUT2D eigenvalue weighted by Gasteiger charge is -2.53. The summed E-state index contributed by atoms with van der Waals surface area (Å²) in [5, 5.41) is 0. The molecule has 3 aliphatic rings. The van der Waals surface area contributed by atoms with Gasteiger partial charge in [0.25, 0.3) is 0 Å². The van der Waals surface area contributed by atoms with Crippen LogP contribution in [-0.4, -0.2) is 0 Å². The smallest absolute Gasteiger partial charge is 0.0266 e. The van der Waals surface area contributed by atoms with Crippen molar-refractivity contribution in [3.8, 4) is 0 Å². The van der Waals surface area contributed by atoms with Crippen LogP contribution in [0, 0.1) is 22.7 Å². The number of allylic oxidation sites excluding steroid dienone is 1. The van der Waals surface area contributed by atoms with Gasteiger partial charge in [0.1, 0.15) is 0 Å². The first kappa shape index (κ1) is 10.3. The van der Waals surface area contributed by atoms with E-state index < -0.39 is 0 Å². The Morgan fingerprint density at radius 1 is 1.29 bits per heavy atom.